The molecule has 1 aromatic heterocycles. The maximum Gasteiger partial charge on any atom is 0.349 e. The number of fused-ring (bicyclic) bond motifs is 1. The second kappa shape index (κ2) is 8.15. The summed E-state index contributed by atoms with van der Waals surface area (Å²) in [4.78, 5) is 17.7. The van der Waals surface area contributed by atoms with Gasteiger partial charge in [-0.1, -0.05) is 68.4 Å². The molecule has 4 nitrogen and oxygen atoms in total. The summed E-state index contributed by atoms with van der Waals surface area (Å²) in [6.45, 7) is 6.36. The molecule has 0 saturated carbocycles. The summed E-state index contributed by atoms with van der Waals surface area (Å²) in [5.41, 5.74) is 4.51. The quantitative estimate of drug-likeness (QED) is 0.426. The molecular weight excluding hydrogens is 372 g/mol. The zero-order valence-electron chi connectivity index (χ0n) is 17.8. The fourth-order valence-corrected chi connectivity index (χ4v) is 3.86. The van der Waals surface area contributed by atoms with Crippen LogP contribution in [-0.4, -0.2) is 16.7 Å². The fraction of sp³-hybridized carbons (Fsp3) is 0.231. The largest absolute Gasteiger partial charge is 0.497 e. The molecule has 0 aliphatic heterocycles. The van der Waals surface area contributed by atoms with Gasteiger partial charge in [0.15, 0.2) is 0 Å². The van der Waals surface area contributed by atoms with Gasteiger partial charge in [-0.3, -0.25) is 4.57 Å². The third-order valence-corrected chi connectivity index (χ3v) is 5.65. The molecule has 0 amide bonds. The highest BCUT2D eigenvalue weighted by atomic mass is 16.5. The molecule has 0 saturated heterocycles. The van der Waals surface area contributed by atoms with E-state index in [9.17, 15) is 4.79 Å². The molecule has 152 valence electrons. The van der Waals surface area contributed by atoms with Crippen LogP contribution >= 0.6 is 0 Å². The molecule has 1 unspecified atom stereocenters. The molecule has 1 heterocycles. The lowest BCUT2D eigenvalue weighted by Gasteiger charge is -2.20. The lowest BCUT2D eigenvalue weighted by Crippen LogP contribution is -2.27. The van der Waals surface area contributed by atoms with Gasteiger partial charge in [0.25, 0.3) is 0 Å². The number of hydrogen-bond acceptors (Lipinski definition) is 3. The number of benzene rings is 3. The molecule has 3 aromatic carbocycles. The van der Waals surface area contributed by atoms with Crippen LogP contribution in [0.15, 0.2) is 77.6 Å². The van der Waals surface area contributed by atoms with Gasteiger partial charge in [-0.2, -0.15) is 4.98 Å². The molecule has 0 N–H and O–H groups in total. The number of aromatic nitrogens is 2. The first-order valence-corrected chi connectivity index (χ1v) is 10.2. The minimum Gasteiger partial charge on any atom is -0.497 e. The standard InChI is InChI=1S/C26H26N2O2/c1-17(2)19-10-12-21(13-11-19)25-23-16-22(30-4)14-15-24(23)28(26(29)27-25)18(3)20-8-6-5-7-9-20/h5-18H,1-4H3. The van der Waals surface area contributed by atoms with E-state index in [1.807, 2.05) is 67.6 Å². The monoisotopic (exact) mass is 398 g/mol. The summed E-state index contributed by atoms with van der Waals surface area (Å²) in [5, 5.41) is 0.897. The molecule has 0 aliphatic rings. The van der Waals surface area contributed by atoms with E-state index in [2.05, 4.69) is 31.0 Å². The van der Waals surface area contributed by atoms with E-state index < -0.39 is 0 Å². The van der Waals surface area contributed by atoms with Crippen LogP contribution in [-0.2, 0) is 0 Å². The van der Waals surface area contributed by atoms with Crippen LogP contribution in [0.1, 0.15) is 43.9 Å². The zero-order chi connectivity index (χ0) is 21.3. The summed E-state index contributed by atoms with van der Waals surface area (Å²) in [6.07, 6.45) is 0. The molecule has 0 radical (unpaired) electrons. The average molecular weight is 399 g/mol. The summed E-state index contributed by atoms with van der Waals surface area (Å²) >= 11 is 0. The molecule has 4 rings (SSSR count). The number of nitrogens with zero attached hydrogens (tertiary/aromatic N) is 2. The van der Waals surface area contributed by atoms with Crippen molar-refractivity contribution in [1.82, 2.24) is 9.55 Å². The number of rotatable bonds is 5. The molecule has 0 aliphatic carbocycles. The minimum absolute atomic E-state index is 0.139. The molecule has 30 heavy (non-hydrogen) atoms. The van der Waals surface area contributed by atoms with Crippen LogP contribution in [0.3, 0.4) is 0 Å². The summed E-state index contributed by atoms with van der Waals surface area (Å²) in [6, 6.07) is 24.0. The third kappa shape index (κ3) is 3.61. The first kappa shape index (κ1) is 19.9. The van der Waals surface area contributed by atoms with Crippen molar-refractivity contribution < 1.29 is 4.74 Å². The lowest BCUT2D eigenvalue weighted by molar-refractivity contribution is 0.415. The molecule has 1 atom stereocenters. The summed E-state index contributed by atoms with van der Waals surface area (Å²) < 4.78 is 7.22. The maximum atomic E-state index is 13.2. The zero-order valence-corrected chi connectivity index (χ0v) is 17.8. The van der Waals surface area contributed by atoms with Gasteiger partial charge >= 0.3 is 5.69 Å². The maximum absolute atomic E-state index is 13.2. The van der Waals surface area contributed by atoms with E-state index in [-0.39, 0.29) is 11.7 Å². The van der Waals surface area contributed by atoms with E-state index in [1.54, 1.807) is 11.7 Å². The van der Waals surface area contributed by atoms with E-state index in [4.69, 9.17) is 4.74 Å². The molecule has 4 aromatic rings. The van der Waals surface area contributed by atoms with Gasteiger partial charge in [-0.15, -0.1) is 0 Å². The van der Waals surface area contributed by atoms with Crippen LogP contribution in [0.4, 0.5) is 0 Å². The Balaban J connectivity index is 1.96. The van der Waals surface area contributed by atoms with Crippen molar-refractivity contribution in [2.45, 2.75) is 32.7 Å². The Morgan fingerprint density at radius 2 is 1.57 bits per heavy atom. The predicted octanol–water partition coefficient (Wildman–Crippen LogP) is 5.80. The third-order valence-electron chi connectivity index (χ3n) is 5.65. The Hall–Kier alpha value is -3.40. The van der Waals surface area contributed by atoms with E-state index in [0.29, 0.717) is 11.6 Å². The lowest BCUT2D eigenvalue weighted by atomic mass is 9.99. The highest BCUT2D eigenvalue weighted by molar-refractivity contribution is 5.93. The van der Waals surface area contributed by atoms with Gasteiger partial charge in [0.2, 0.25) is 0 Å². The first-order chi connectivity index (χ1) is 14.5. The second-order valence-electron chi connectivity index (χ2n) is 7.86. The van der Waals surface area contributed by atoms with Gasteiger partial charge in [-0.05, 0) is 42.2 Å². The van der Waals surface area contributed by atoms with E-state index >= 15 is 0 Å². The van der Waals surface area contributed by atoms with Crippen molar-refractivity contribution >= 4 is 10.9 Å². The Morgan fingerprint density at radius 3 is 2.20 bits per heavy atom. The van der Waals surface area contributed by atoms with Gasteiger partial charge in [0.1, 0.15) is 5.75 Å². The Labute approximate surface area is 176 Å². The summed E-state index contributed by atoms with van der Waals surface area (Å²) in [7, 11) is 1.65. The normalized spacial score (nSPS) is 12.3. The molecule has 4 heteroatoms. The van der Waals surface area contributed by atoms with Gasteiger partial charge in [0.05, 0.1) is 24.4 Å². The fourth-order valence-electron chi connectivity index (χ4n) is 3.86. The van der Waals surface area contributed by atoms with Crippen molar-refractivity contribution in [3.8, 4) is 17.0 Å². The van der Waals surface area contributed by atoms with Crippen LogP contribution in [0, 0.1) is 0 Å². The van der Waals surface area contributed by atoms with Crippen LogP contribution in [0.2, 0.25) is 0 Å². The molecule has 0 fully saturated rings. The number of ether oxygens (including phenoxy) is 1. The Kier molecular flexibility index (Phi) is 5.40. The van der Waals surface area contributed by atoms with Crippen molar-refractivity contribution in [2.75, 3.05) is 7.11 Å². The van der Waals surface area contributed by atoms with Crippen molar-refractivity contribution in [1.29, 1.82) is 0 Å². The molecular formula is C26H26N2O2. The SMILES string of the molecule is COc1ccc2c(c1)c(-c1ccc(C(C)C)cc1)nc(=O)n2C(C)c1ccccc1. The second-order valence-corrected chi connectivity index (χ2v) is 7.86. The van der Waals surface area contributed by atoms with Crippen molar-refractivity contribution in [3.05, 3.63) is 94.4 Å². The smallest absolute Gasteiger partial charge is 0.349 e. The average Bonchev–Trinajstić information content (AvgIpc) is 2.78. The van der Waals surface area contributed by atoms with Gasteiger partial charge < -0.3 is 4.74 Å². The highest BCUT2D eigenvalue weighted by Crippen LogP contribution is 2.31. The molecule has 0 bridgehead atoms. The highest BCUT2D eigenvalue weighted by Gasteiger charge is 2.18. The van der Waals surface area contributed by atoms with E-state index in [1.165, 1.54) is 5.56 Å². The molecule has 0 spiro atoms. The number of hydrogen-bond donors (Lipinski definition) is 0. The van der Waals surface area contributed by atoms with Crippen LogP contribution < -0.4 is 10.4 Å². The summed E-state index contributed by atoms with van der Waals surface area (Å²) in [5.74, 6) is 1.19. The topological polar surface area (TPSA) is 44.1 Å². The first-order valence-electron chi connectivity index (χ1n) is 10.2. The van der Waals surface area contributed by atoms with Crippen molar-refractivity contribution in [3.63, 3.8) is 0 Å². The predicted molar refractivity (Wildman–Crippen MR) is 122 cm³/mol. The van der Waals surface area contributed by atoms with Gasteiger partial charge in [-0.25, -0.2) is 4.79 Å². The van der Waals surface area contributed by atoms with Crippen LogP contribution in [0.25, 0.3) is 22.2 Å². The Bertz CT molecular complexity index is 1230. The Morgan fingerprint density at radius 1 is 0.867 bits per heavy atom. The van der Waals surface area contributed by atoms with Gasteiger partial charge in [0, 0.05) is 10.9 Å². The van der Waals surface area contributed by atoms with E-state index in [0.717, 1.165) is 27.8 Å². The van der Waals surface area contributed by atoms with Crippen LogP contribution in [0.5, 0.6) is 5.75 Å². The van der Waals surface area contributed by atoms with Crippen molar-refractivity contribution in [2.24, 2.45) is 0 Å². The number of methoxy groups -OCH3 is 1. The minimum atomic E-state index is -0.257.